The first-order valence-corrected chi connectivity index (χ1v) is 6.89. The van der Waals surface area contributed by atoms with Crippen LogP contribution < -0.4 is 5.32 Å². The van der Waals surface area contributed by atoms with Crippen LogP contribution in [0.4, 0.5) is 0 Å². The van der Waals surface area contributed by atoms with Crippen LogP contribution in [0.5, 0.6) is 0 Å². The molecule has 0 aromatic heterocycles. The highest BCUT2D eigenvalue weighted by molar-refractivity contribution is 5.93. The molecule has 1 heterocycles. The molecule has 6 heteroatoms. The average molecular weight is 290 g/mol. The van der Waals surface area contributed by atoms with Crippen molar-refractivity contribution in [3.8, 4) is 0 Å². The second-order valence-corrected chi connectivity index (χ2v) is 5.00. The number of hydrogen-bond donors (Lipinski definition) is 2. The molecule has 1 fully saturated rings. The molecule has 1 saturated heterocycles. The van der Waals surface area contributed by atoms with Crippen molar-refractivity contribution in [3.63, 3.8) is 0 Å². The van der Waals surface area contributed by atoms with E-state index < -0.39 is 17.9 Å². The third kappa shape index (κ3) is 3.21. The molecule has 1 aliphatic rings. The van der Waals surface area contributed by atoms with E-state index in [-0.39, 0.29) is 24.9 Å². The quantitative estimate of drug-likeness (QED) is 0.850. The Morgan fingerprint density at radius 1 is 1.38 bits per heavy atom. The van der Waals surface area contributed by atoms with Crippen LogP contribution in [-0.2, 0) is 14.4 Å². The maximum Gasteiger partial charge on any atom is 0.328 e. The molecule has 0 saturated carbocycles. The zero-order chi connectivity index (χ0) is 15.4. The second kappa shape index (κ2) is 6.39. The fourth-order valence-electron chi connectivity index (χ4n) is 2.53. The number of nitrogens with one attached hydrogen (secondary N) is 1. The predicted molar refractivity (Wildman–Crippen MR) is 75.6 cm³/mol. The Balaban J connectivity index is 2.26. The smallest absolute Gasteiger partial charge is 0.328 e. The van der Waals surface area contributed by atoms with Crippen molar-refractivity contribution >= 4 is 17.8 Å². The predicted octanol–water partition coefficient (Wildman–Crippen LogP) is 0.592. The lowest BCUT2D eigenvalue weighted by molar-refractivity contribution is -0.154. The second-order valence-electron chi connectivity index (χ2n) is 5.00. The lowest BCUT2D eigenvalue weighted by Crippen LogP contribution is -2.60. The third-order valence-corrected chi connectivity index (χ3v) is 3.66. The minimum Gasteiger partial charge on any atom is -0.480 e. The molecule has 0 bridgehead atoms. The number of benzene rings is 1. The van der Waals surface area contributed by atoms with Gasteiger partial charge in [-0.25, -0.2) is 4.79 Å². The van der Waals surface area contributed by atoms with Crippen LogP contribution >= 0.6 is 0 Å². The van der Waals surface area contributed by atoms with Gasteiger partial charge in [0.15, 0.2) is 0 Å². The van der Waals surface area contributed by atoms with Gasteiger partial charge in [-0.1, -0.05) is 37.3 Å². The van der Waals surface area contributed by atoms with Crippen LogP contribution in [0.15, 0.2) is 30.3 Å². The minimum absolute atomic E-state index is 0.0505. The fourth-order valence-corrected chi connectivity index (χ4v) is 2.53. The topological polar surface area (TPSA) is 86.7 Å². The maximum absolute atomic E-state index is 12.7. The highest BCUT2D eigenvalue weighted by Gasteiger charge is 2.37. The SMILES string of the molecule is CCC(C(=O)N1CC(=O)NCC1C(=O)O)c1ccccc1. The van der Waals surface area contributed by atoms with Crippen molar-refractivity contribution in [2.45, 2.75) is 25.3 Å². The molecule has 21 heavy (non-hydrogen) atoms. The van der Waals surface area contributed by atoms with Gasteiger partial charge in [0.1, 0.15) is 12.6 Å². The van der Waals surface area contributed by atoms with Crippen molar-refractivity contribution in [1.29, 1.82) is 0 Å². The summed E-state index contributed by atoms with van der Waals surface area (Å²) in [6, 6.07) is 8.20. The summed E-state index contributed by atoms with van der Waals surface area (Å²) >= 11 is 0. The van der Waals surface area contributed by atoms with Gasteiger partial charge in [0.05, 0.1) is 5.92 Å². The van der Waals surface area contributed by atoms with Crippen LogP contribution in [0.3, 0.4) is 0 Å². The van der Waals surface area contributed by atoms with Crippen LogP contribution in [-0.4, -0.2) is 46.9 Å². The van der Waals surface area contributed by atoms with Crippen molar-refractivity contribution in [2.75, 3.05) is 13.1 Å². The molecule has 0 aliphatic carbocycles. The van der Waals surface area contributed by atoms with Gasteiger partial charge in [-0.05, 0) is 12.0 Å². The van der Waals surface area contributed by atoms with Gasteiger partial charge in [-0.15, -0.1) is 0 Å². The summed E-state index contributed by atoms with van der Waals surface area (Å²) in [6.45, 7) is 1.61. The lowest BCUT2D eigenvalue weighted by atomic mass is 9.94. The van der Waals surface area contributed by atoms with Crippen molar-refractivity contribution in [1.82, 2.24) is 10.2 Å². The largest absolute Gasteiger partial charge is 0.480 e. The standard InChI is InChI=1S/C15H18N2O4/c1-2-11(10-6-4-3-5-7-10)14(19)17-9-13(18)16-8-12(17)15(20)21/h3-7,11-12H,2,8-9H2,1H3,(H,16,18)(H,20,21). The van der Waals surface area contributed by atoms with Crippen LogP contribution in [0.1, 0.15) is 24.8 Å². The number of amides is 2. The van der Waals surface area contributed by atoms with Crippen LogP contribution in [0.25, 0.3) is 0 Å². The Morgan fingerprint density at radius 2 is 2.05 bits per heavy atom. The number of nitrogens with zero attached hydrogens (tertiary/aromatic N) is 1. The zero-order valence-corrected chi connectivity index (χ0v) is 11.8. The molecule has 0 radical (unpaired) electrons. The minimum atomic E-state index is -1.11. The number of hydrogen-bond acceptors (Lipinski definition) is 3. The van der Waals surface area contributed by atoms with Crippen molar-refractivity contribution in [2.24, 2.45) is 0 Å². The Hall–Kier alpha value is -2.37. The first-order valence-electron chi connectivity index (χ1n) is 6.89. The van der Waals surface area contributed by atoms with E-state index in [1.165, 1.54) is 4.90 Å². The van der Waals surface area contributed by atoms with Gasteiger partial charge in [0.25, 0.3) is 0 Å². The van der Waals surface area contributed by atoms with Crippen LogP contribution in [0, 0.1) is 0 Å². The summed E-state index contributed by atoms with van der Waals surface area (Å²) in [6.07, 6.45) is 0.549. The number of carbonyl (C=O) groups excluding carboxylic acids is 2. The highest BCUT2D eigenvalue weighted by Crippen LogP contribution is 2.23. The van der Waals surface area contributed by atoms with Gasteiger partial charge >= 0.3 is 5.97 Å². The molecule has 1 aromatic carbocycles. The summed E-state index contributed by atoms with van der Waals surface area (Å²) in [7, 11) is 0. The first kappa shape index (κ1) is 15.0. The summed E-state index contributed by atoms with van der Waals surface area (Å²) in [5, 5.41) is 11.7. The number of carbonyl (C=O) groups is 3. The molecule has 1 aromatic rings. The first-order chi connectivity index (χ1) is 10.0. The van der Waals surface area contributed by atoms with E-state index in [2.05, 4.69) is 5.32 Å². The average Bonchev–Trinajstić information content (AvgIpc) is 2.48. The highest BCUT2D eigenvalue weighted by atomic mass is 16.4. The van der Waals surface area contributed by atoms with Crippen LogP contribution in [0.2, 0.25) is 0 Å². The van der Waals surface area contributed by atoms with Crippen molar-refractivity contribution < 1.29 is 19.5 Å². The Labute approximate surface area is 122 Å². The molecule has 6 nitrogen and oxygen atoms in total. The van der Waals surface area contributed by atoms with E-state index in [0.717, 1.165) is 5.56 Å². The normalized spacial score (nSPS) is 19.8. The van der Waals surface area contributed by atoms with E-state index in [4.69, 9.17) is 0 Å². The van der Waals surface area contributed by atoms with E-state index in [9.17, 15) is 19.5 Å². The van der Waals surface area contributed by atoms with Gasteiger partial charge < -0.3 is 15.3 Å². The zero-order valence-electron chi connectivity index (χ0n) is 11.8. The number of carboxylic acid groups (broad SMARTS) is 1. The summed E-state index contributed by atoms with van der Waals surface area (Å²) < 4.78 is 0. The van der Waals surface area contributed by atoms with Gasteiger partial charge in [-0.3, -0.25) is 9.59 Å². The molecule has 0 spiro atoms. The van der Waals surface area contributed by atoms with Crippen molar-refractivity contribution in [3.05, 3.63) is 35.9 Å². The Bertz CT molecular complexity index is 544. The Kier molecular flexibility index (Phi) is 4.57. The third-order valence-electron chi connectivity index (χ3n) is 3.66. The number of carboxylic acids is 1. The number of aliphatic carboxylic acids is 1. The molecule has 2 rings (SSSR count). The van der Waals surface area contributed by atoms with Gasteiger partial charge in [0, 0.05) is 6.54 Å². The monoisotopic (exact) mass is 290 g/mol. The summed E-state index contributed by atoms with van der Waals surface area (Å²) in [5.74, 6) is -2.18. The van der Waals surface area contributed by atoms with Gasteiger partial charge in [0.2, 0.25) is 11.8 Å². The molecule has 2 N–H and O–H groups in total. The number of piperazine rings is 1. The molecule has 112 valence electrons. The maximum atomic E-state index is 12.7. The summed E-state index contributed by atoms with van der Waals surface area (Å²) in [4.78, 5) is 36.6. The van der Waals surface area contributed by atoms with E-state index in [0.29, 0.717) is 6.42 Å². The van der Waals surface area contributed by atoms with E-state index in [1.807, 2.05) is 37.3 Å². The van der Waals surface area contributed by atoms with E-state index >= 15 is 0 Å². The Morgan fingerprint density at radius 3 is 2.62 bits per heavy atom. The lowest BCUT2D eigenvalue weighted by Gasteiger charge is -2.35. The molecule has 1 aliphatic heterocycles. The summed E-state index contributed by atoms with van der Waals surface area (Å²) in [5.41, 5.74) is 0.833. The molecule has 2 atom stereocenters. The number of rotatable bonds is 4. The van der Waals surface area contributed by atoms with E-state index in [1.54, 1.807) is 0 Å². The molecule has 2 amide bonds. The molecular formula is C15H18N2O4. The van der Waals surface area contributed by atoms with Gasteiger partial charge in [-0.2, -0.15) is 0 Å². The molecular weight excluding hydrogens is 272 g/mol. The molecule has 2 unspecified atom stereocenters. The fraction of sp³-hybridized carbons (Fsp3) is 0.400.